The first-order valence-corrected chi connectivity index (χ1v) is 7.31. The Morgan fingerprint density at radius 1 is 1.37 bits per heavy atom. The minimum Gasteiger partial charge on any atom is -0.480 e. The molecule has 9 heteroatoms. The van der Waals surface area contributed by atoms with Crippen molar-refractivity contribution in [2.24, 2.45) is 5.92 Å². The maximum Gasteiger partial charge on any atom is 0.422 e. The first kappa shape index (κ1) is 15.7. The molecule has 1 atom stereocenters. The molecule has 0 saturated heterocycles. The van der Waals surface area contributed by atoms with E-state index in [4.69, 9.17) is 5.11 Å². The SMILES string of the molecule is CC(C)OC(=O)NS(=O)(=O)NC(C)(C(=O)O)C1CC1. The number of hydrogen-bond acceptors (Lipinski definition) is 5. The van der Waals surface area contributed by atoms with Crippen molar-refractivity contribution in [3.05, 3.63) is 0 Å². The number of rotatable bonds is 6. The minimum absolute atomic E-state index is 0.275. The first-order valence-electron chi connectivity index (χ1n) is 5.82. The molecule has 1 saturated carbocycles. The summed E-state index contributed by atoms with van der Waals surface area (Å²) in [5, 5.41) is 9.11. The molecule has 110 valence electrons. The number of aliphatic carboxylic acids is 1. The molecule has 8 nitrogen and oxygen atoms in total. The quantitative estimate of drug-likeness (QED) is 0.643. The lowest BCUT2D eigenvalue weighted by Crippen LogP contribution is -2.57. The Hall–Kier alpha value is -1.35. The molecule has 0 aromatic heterocycles. The van der Waals surface area contributed by atoms with Crippen LogP contribution in [0.15, 0.2) is 0 Å². The Kier molecular flexibility index (Phi) is 4.41. The topological polar surface area (TPSA) is 122 Å². The number of ether oxygens (including phenoxy) is 1. The van der Waals surface area contributed by atoms with Gasteiger partial charge in [-0.05, 0) is 39.5 Å². The van der Waals surface area contributed by atoms with Gasteiger partial charge in [-0.25, -0.2) is 9.52 Å². The third-order valence-corrected chi connectivity index (χ3v) is 3.87. The van der Waals surface area contributed by atoms with Crippen LogP contribution in [0.2, 0.25) is 0 Å². The predicted octanol–water partition coefficient (Wildman–Crippen LogP) is 0.209. The van der Waals surface area contributed by atoms with Gasteiger partial charge in [0.1, 0.15) is 5.54 Å². The number of carbonyl (C=O) groups is 2. The van der Waals surface area contributed by atoms with Crippen LogP contribution in [-0.4, -0.2) is 37.2 Å². The Balaban J connectivity index is 2.73. The van der Waals surface area contributed by atoms with Gasteiger partial charge in [-0.2, -0.15) is 13.1 Å². The van der Waals surface area contributed by atoms with E-state index in [0.717, 1.165) is 0 Å². The van der Waals surface area contributed by atoms with Crippen molar-refractivity contribution in [3.63, 3.8) is 0 Å². The molecule has 1 aliphatic rings. The highest BCUT2D eigenvalue weighted by atomic mass is 32.2. The van der Waals surface area contributed by atoms with Crippen LogP contribution in [0.4, 0.5) is 4.79 Å². The van der Waals surface area contributed by atoms with Crippen LogP contribution in [0.3, 0.4) is 0 Å². The fourth-order valence-electron chi connectivity index (χ4n) is 1.61. The van der Waals surface area contributed by atoms with Gasteiger partial charge < -0.3 is 9.84 Å². The molecule has 1 fully saturated rings. The van der Waals surface area contributed by atoms with E-state index in [9.17, 15) is 18.0 Å². The van der Waals surface area contributed by atoms with Crippen LogP contribution in [0, 0.1) is 5.92 Å². The molecular weight excluding hydrogens is 276 g/mol. The molecule has 0 heterocycles. The van der Waals surface area contributed by atoms with E-state index in [2.05, 4.69) is 4.74 Å². The molecular formula is C10H18N2O6S. The summed E-state index contributed by atoms with van der Waals surface area (Å²) in [6.07, 6.45) is -0.376. The van der Waals surface area contributed by atoms with Crippen molar-refractivity contribution in [3.8, 4) is 0 Å². The Labute approximate surface area is 111 Å². The molecule has 1 unspecified atom stereocenters. The first-order chi connectivity index (χ1) is 8.57. The molecule has 0 aromatic rings. The van der Waals surface area contributed by atoms with Crippen molar-refractivity contribution in [2.45, 2.75) is 45.3 Å². The summed E-state index contributed by atoms with van der Waals surface area (Å²) in [6.45, 7) is 4.40. The van der Waals surface area contributed by atoms with Crippen LogP contribution in [-0.2, 0) is 19.7 Å². The van der Waals surface area contributed by atoms with Crippen molar-refractivity contribution in [2.75, 3.05) is 0 Å². The van der Waals surface area contributed by atoms with Crippen LogP contribution < -0.4 is 9.44 Å². The number of amides is 1. The third kappa shape index (κ3) is 4.35. The van der Waals surface area contributed by atoms with Gasteiger partial charge in [-0.1, -0.05) is 0 Å². The summed E-state index contributed by atoms with van der Waals surface area (Å²) in [5.41, 5.74) is -1.62. The minimum atomic E-state index is -4.29. The monoisotopic (exact) mass is 294 g/mol. The number of hydrogen-bond donors (Lipinski definition) is 3. The molecule has 0 radical (unpaired) electrons. The van der Waals surface area contributed by atoms with Crippen LogP contribution in [0.5, 0.6) is 0 Å². The van der Waals surface area contributed by atoms with E-state index < -0.39 is 33.9 Å². The maximum absolute atomic E-state index is 11.7. The van der Waals surface area contributed by atoms with Crippen molar-refractivity contribution in [1.82, 2.24) is 9.44 Å². The fourth-order valence-corrected chi connectivity index (χ4v) is 2.75. The summed E-state index contributed by atoms with van der Waals surface area (Å²) >= 11 is 0. The van der Waals surface area contributed by atoms with E-state index in [1.165, 1.54) is 6.92 Å². The van der Waals surface area contributed by atoms with Gasteiger partial charge >= 0.3 is 22.3 Å². The van der Waals surface area contributed by atoms with Crippen molar-refractivity contribution < 1.29 is 27.9 Å². The van der Waals surface area contributed by atoms with Crippen LogP contribution in [0.25, 0.3) is 0 Å². The molecule has 0 aromatic carbocycles. The molecule has 0 bridgehead atoms. The largest absolute Gasteiger partial charge is 0.480 e. The van der Waals surface area contributed by atoms with Crippen LogP contribution >= 0.6 is 0 Å². The standard InChI is InChI=1S/C10H18N2O6S/c1-6(2)18-9(15)11-19(16,17)12-10(3,8(13)14)7-4-5-7/h6-7,12H,4-5H2,1-3H3,(H,11,15)(H,13,14). The van der Waals surface area contributed by atoms with E-state index in [-0.39, 0.29) is 5.92 Å². The molecule has 1 aliphatic carbocycles. The zero-order chi connectivity index (χ0) is 14.8. The second-order valence-electron chi connectivity index (χ2n) is 4.94. The van der Waals surface area contributed by atoms with Gasteiger partial charge in [-0.3, -0.25) is 4.79 Å². The lowest BCUT2D eigenvalue weighted by molar-refractivity contribution is -0.144. The smallest absolute Gasteiger partial charge is 0.422 e. The van der Waals surface area contributed by atoms with Crippen molar-refractivity contribution >= 4 is 22.3 Å². The molecule has 1 rings (SSSR count). The molecule has 3 N–H and O–H groups in total. The lowest BCUT2D eigenvalue weighted by atomic mass is 9.98. The maximum atomic E-state index is 11.7. The number of carboxylic acids is 1. The van der Waals surface area contributed by atoms with Gasteiger partial charge in [0, 0.05) is 0 Å². The zero-order valence-electron chi connectivity index (χ0n) is 11.0. The lowest BCUT2D eigenvalue weighted by Gasteiger charge is -2.25. The summed E-state index contributed by atoms with van der Waals surface area (Å²) in [4.78, 5) is 22.4. The number of carbonyl (C=O) groups excluding carboxylic acids is 1. The van der Waals surface area contributed by atoms with Crippen LogP contribution in [0.1, 0.15) is 33.6 Å². The average Bonchev–Trinajstić information content (AvgIpc) is 2.95. The van der Waals surface area contributed by atoms with E-state index >= 15 is 0 Å². The highest BCUT2D eigenvalue weighted by Gasteiger charge is 2.50. The normalized spacial score (nSPS) is 18.7. The van der Waals surface area contributed by atoms with Crippen molar-refractivity contribution in [1.29, 1.82) is 0 Å². The Morgan fingerprint density at radius 3 is 2.26 bits per heavy atom. The van der Waals surface area contributed by atoms with E-state index in [0.29, 0.717) is 12.8 Å². The fraction of sp³-hybridized carbons (Fsp3) is 0.800. The second kappa shape index (κ2) is 5.33. The Bertz CT molecular complexity index is 470. The van der Waals surface area contributed by atoms with Gasteiger partial charge in [0.2, 0.25) is 0 Å². The van der Waals surface area contributed by atoms with Gasteiger partial charge in [0.25, 0.3) is 0 Å². The average molecular weight is 294 g/mol. The summed E-state index contributed by atoms with van der Waals surface area (Å²) in [5.74, 6) is -1.56. The number of carboxylic acid groups (broad SMARTS) is 1. The molecule has 19 heavy (non-hydrogen) atoms. The third-order valence-electron chi connectivity index (χ3n) is 2.74. The predicted molar refractivity (Wildman–Crippen MR) is 65.6 cm³/mol. The second-order valence-corrected chi connectivity index (χ2v) is 6.36. The Morgan fingerprint density at radius 2 is 1.89 bits per heavy atom. The molecule has 1 amide bonds. The molecule has 0 spiro atoms. The van der Waals surface area contributed by atoms with Gasteiger partial charge in [0.15, 0.2) is 0 Å². The zero-order valence-corrected chi connectivity index (χ0v) is 11.8. The summed E-state index contributed by atoms with van der Waals surface area (Å²) in [6, 6.07) is 0. The summed E-state index contributed by atoms with van der Waals surface area (Å²) in [7, 11) is -4.29. The van der Waals surface area contributed by atoms with E-state index in [1.54, 1.807) is 18.6 Å². The summed E-state index contributed by atoms with van der Waals surface area (Å²) < 4.78 is 31.6. The highest BCUT2D eigenvalue weighted by molar-refractivity contribution is 7.88. The number of nitrogens with one attached hydrogen (secondary N) is 2. The molecule has 0 aliphatic heterocycles. The van der Waals surface area contributed by atoms with Gasteiger partial charge in [0.05, 0.1) is 6.10 Å². The van der Waals surface area contributed by atoms with Gasteiger partial charge in [-0.15, -0.1) is 0 Å². The highest BCUT2D eigenvalue weighted by Crippen LogP contribution is 2.40. The van der Waals surface area contributed by atoms with E-state index in [1.807, 2.05) is 4.72 Å².